The molecule has 1 fully saturated rings. The molecule has 2 atom stereocenters. The van der Waals surface area contributed by atoms with Crippen LogP contribution in [0.5, 0.6) is 5.75 Å². The van der Waals surface area contributed by atoms with Gasteiger partial charge in [-0.25, -0.2) is 0 Å². The first-order chi connectivity index (χ1) is 10.3. The Morgan fingerprint density at radius 2 is 1.77 bits per heavy atom. The van der Waals surface area contributed by atoms with Gasteiger partial charge in [0, 0.05) is 12.0 Å². The van der Waals surface area contributed by atoms with Crippen LogP contribution in [0.1, 0.15) is 43.4 Å². The van der Waals surface area contributed by atoms with Gasteiger partial charge in [-0.3, -0.25) is 0 Å². The summed E-state index contributed by atoms with van der Waals surface area (Å²) in [5, 5.41) is 0.826. The number of rotatable bonds is 5. The topological polar surface area (TPSA) is 9.23 Å². The van der Waals surface area contributed by atoms with Crippen molar-refractivity contribution in [1.29, 1.82) is 0 Å². The van der Waals surface area contributed by atoms with Gasteiger partial charge in [0.2, 0.25) is 0 Å². The van der Waals surface area contributed by atoms with Gasteiger partial charge in [0.05, 0.1) is 7.11 Å². The minimum atomic E-state index is -6.00. The smallest absolute Gasteiger partial charge is 0.497 e. The molecule has 1 aromatic rings. The largest absolute Gasteiger partial charge is 0.673 e. The summed E-state index contributed by atoms with van der Waals surface area (Å²) in [6.45, 7) is 2.29. The molecular weight excluding hydrogens is 315 g/mol. The number of hydrogen-bond acceptors (Lipinski definition) is 1. The summed E-state index contributed by atoms with van der Waals surface area (Å²) in [6, 6.07) is 8.74. The molecule has 126 valence electrons. The van der Waals surface area contributed by atoms with Crippen molar-refractivity contribution >= 4 is 18.1 Å². The van der Waals surface area contributed by atoms with E-state index in [0.717, 1.165) is 11.0 Å². The van der Waals surface area contributed by atoms with Gasteiger partial charge in [-0.1, -0.05) is 25.5 Å². The molecule has 0 saturated carbocycles. The normalized spacial score (nSPS) is 21.2. The maximum atomic E-state index is 9.75. The minimum absolute atomic E-state index is 0.635. The fourth-order valence-corrected chi connectivity index (χ4v) is 5.53. The molecule has 0 bridgehead atoms. The zero-order chi connectivity index (χ0) is 16.6. The zero-order valence-corrected chi connectivity index (χ0v) is 13.9. The molecular formula is C15H23BF4OS. The van der Waals surface area contributed by atoms with Crippen molar-refractivity contribution in [2.24, 2.45) is 0 Å². The van der Waals surface area contributed by atoms with Crippen LogP contribution in [0.2, 0.25) is 0 Å². The third-order valence-electron chi connectivity index (χ3n) is 3.52. The third-order valence-corrected chi connectivity index (χ3v) is 6.46. The summed E-state index contributed by atoms with van der Waals surface area (Å²) in [7, 11) is -3.63. The van der Waals surface area contributed by atoms with E-state index in [0.29, 0.717) is 10.9 Å². The van der Waals surface area contributed by atoms with Crippen LogP contribution in [-0.4, -0.2) is 25.9 Å². The summed E-state index contributed by atoms with van der Waals surface area (Å²) in [5.74, 6) is 3.87. The van der Waals surface area contributed by atoms with Crippen LogP contribution in [0.15, 0.2) is 24.3 Å². The van der Waals surface area contributed by atoms with Crippen LogP contribution < -0.4 is 4.74 Å². The second kappa shape index (κ2) is 9.33. The Hall–Kier alpha value is -0.845. The lowest BCUT2D eigenvalue weighted by molar-refractivity contribution is 0.368. The Morgan fingerprint density at radius 1 is 1.18 bits per heavy atom. The molecule has 0 aliphatic carbocycles. The predicted octanol–water partition coefficient (Wildman–Crippen LogP) is 5.25. The number of halogens is 4. The number of unbranched alkanes of at least 4 members (excludes halogenated alkanes) is 1. The van der Waals surface area contributed by atoms with E-state index in [9.17, 15) is 17.3 Å². The Kier molecular flexibility index (Phi) is 8.14. The first kappa shape index (κ1) is 19.2. The zero-order valence-electron chi connectivity index (χ0n) is 13.0. The average Bonchev–Trinajstić information content (AvgIpc) is 2.92. The van der Waals surface area contributed by atoms with Crippen LogP contribution in [0, 0.1) is 0 Å². The lowest BCUT2D eigenvalue weighted by Gasteiger charge is -2.12. The number of methoxy groups -OCH3 is 1. The molecule has 0 N–H and O–H groups in total. The SMILES string of the molecule is CCCC[S+]1CCCC1c1ccc(OC)cc1.F[B-](F)(F)F. The first-order valence-electron chi connectivity index (χ1n) is 7.52. The fourth-order valence-electron chi connectivity index (χ4n) is 2.51. The van der Waals surface area contributed by atoms with Crippen LogP contribution in [0.25, 0.3) is 0 Å². The van der Waals surface area contributed by atoms with Gasteiger partial charge < -0.3 is 22.0 Å². The van der Waals surface area contributed by atoms with Gasteiger partial charge in [-0.2, -0.15) is 0 Å². The van der Waals surface area contributed by atoms with Crippen LogP contribution in [0.4, 0.5) is 17.3 Å². The Bertz CT molecular complexity index is 419. The lowest BCUT2D eigenvalue weighted by Crippen LogP contribution is -2.13. The molecule has 1 saturated heterocycles. The van der Waals surface area contributed by atoms with E-state index in [1.807, 2.05) is 0 Å². The lowest BCUT2D eigenvalue weighted by atomic mass is 10.1. The summed E-state index contributed by atoms with van der Waals surface area (Å²) in [6.07, 6.45) is 5.54. The van der Waals surface area contributed by atoms with Crippen molar-refractivity contribution in [3.05, 3.63) is 29.8 Å². The predicted molar refractivity (Wildman–Crippen MR) is 87.2 cm³/mol. The maximum Gasteiger partial charge on any atom is 0.673 e. The minimum Gasteiger partial charge on any atom is -0.497 e. The van der Waals surface area contributed by atoms with Gasteiger partial charge >= 0.3 is 7.25 Å². The number of ether oxygens (including phenoxy) is 1. The van der Waals surface area contributed by atoms with Crippen molar-refractivity contribution in [3.63, 3.8) is 0 Å². The second-order valence-corrected chi connectivity index (χ2v) is 7.66. The summed E-state index contributed by atoms with van der Waals surface area (Å²) in [4.78, 5) is 0. The molecule has 1 aromatic carbocycles. The monoisotopic (exact) mass is 338 g/mol. The van der Waals surface area contributed by atoms with E-state index < -0.39 is 7.25 Å². The molecule has 0 amide bonds. The molecule has 0 radical (unpaired) electrons. The van der Waals surface area contributed by atoms with E-state index >= 15 is 0 Å². The van der Waals surface area contributed by atoms with Gasteiger partial charge in [0.1, 0.15) is 22.5 Å². The summed E-state index contributed by atoms with van der Waals surface area (Å²) in [5.41, 5.74) is 1.53. The van der Waals surface area contributed by atoms with Crippen molar-refractivity contribution in [1.82, 2.24) is 0 Å². The summed E-state index contributed by atoms with van der Waals surface area (Å²) < 4.78 is 44.2. The maximum absolute atomic E-state index is 9.75. The standard InChI is InChI=1S/C15H23OS.BF4/c1-3-4-11-17-12-5-6-15(17)13-7-9-14(16-2)10-8-13;2-1(3,4)5/h7-10,15H,3-6,11-12H2,1-2H3;/q+1;-1. The van der Waals surface area contributed by atoms with Crippen molar-refractivity contribution in [2.45, 2.75) is 37.9 Å². The highest BCUT2D eigenvalue weighted by Gasteiger charge is 2.36. The van der Waals surface area contributed by atoms with E-state index in [1.165, 1.54) is 42.8 Å². The average molecular weight is 338 g/mol. The molecule has 1 aliphatic heterocycles. The number of benzene rings is 1. The van der Waals surface area contributed by atoms with E-state index in [2.05, 4.69) is 31.2 Å². The van der Waals surface area contributed by atoms with Gasteiger partial charge in [0.25, 0.3) is 0 Å². The second-order valence-electron chi connectivity index (χ2n) is 5.20. The highest BCUT2D eigenvalue weighted by Crippen LogP contribution is 2.37. The fraction of sp³-hybridized carbons (Fsp3) is 0.600. The van der Waals surface area contributed by atoms with E-state index in [1.54, 1.807) is 7.11 Å². The van der Waals surface area contributed by atoms with E-state index in [4.69, 9.17) is 4.74 Å². The molecule has 1 nitrogen and oxygen atoms in total. The van der Waals surface area contributed by atoms with Crippen LogP contribution in [-0.2, 0) is 10.9 Å². The quantitative estimate of drug-likeness (QED) is 0.405. The molecule has 2 unspecified atom stereocenters. The van der Waals surface area contributed by atoms with E-state index in [-0.39, 0.29) is 0 Å². The van der Waals surface area contributed by atoms with Crippen molar-refractivity contribution in [2.75, 3.05) is 18.6 Å². The van der Waals surface area contributed by atoms with Crippen molar-refractivity contribution in [3.8, 4) is 5.75 Å². The molecule has 7 heteroatoms. The van der Waals surface area contributed by atoms with Crippen molar-refractivity contribution < 1.29 is 22.0 Å². The van der Waals surface area contributed by atoms with Crippen LogP contribution >= 0.6 is 0 Å². The Balaban J connectivity index is 0.000000422. The molecule has 1 heterocycles. The molecule has 2 rings (SSSR count). The number of hydrogen-bond donors (Lipinski definition) is 0. The first-order valence-corrected chi connectivity index (χ1v) is 9.15. The molecule has 1 aliphatic rings. The third kappa shape index (κ3) is 7.43. The Labute approximate surface area is 132 Å². The summed E-state index contributed by atoms with van der Waals surface area (Å²) >= 11 is 0. The van der Waals surface area contributed by atoms with Gasteiger partial charge in [0.15, 0.2) is 0 Å². The molecule has 0 aromatic heterocycles. The van der Waals surface area contributed by atoms with Gasteiger partial charge in [-0.15, -0.1) is 0 Å². The highest BCUT2D eigenvalue weighted by molar-refractivity contribution is 7.97. The Morgan fingerprint density at radius 3 is 2.27 bits per heavy atom. The highest BCUT2D eigenvalue weighted by atomic mass is 32.2. The molecule has 22 heavy (non-hydrogen) atoms. The molecule has 0 spiro atoms. The van der Waals surface area contributed by atoms with Gasteiger partial charge in [-0.05, 0) is 35.9 Å². The van der Waals surface area contributed by atoms with Crippen LogP contribution in [0.3, 0.4) is 0 Å².